The highest BCUT2D eigenvalue weighted by atomic mass is 16.3. The SMILES string of the molecule is Cc1ccc(O)c(CNCC(O)CN2CCCC2)c1. The molecule has 1 heterocycles. The highest BCUT2D eigenvalue weighted by Gasteiger charge is 2.15. The first-order chi connectivity index (χ1) is 9.15. The van der Waals surface area contributed by atoms with E-state index in [-0.39, 0.29) is 6.10 Å². The van der Waals surface area contributed by atoms with E-state index in [0.29, 0.717) is 18.8 Å². The van der Waals surface area contributed by atoms with Crippen LogP contribution in [0.4, 0.5) is 0 Å². The lowest BCUT2D eigenvalue weighted by atomic mass is 10.1. The molecule has 0 aliphatic carbocycles. The van der Waals surface area contributed by atoms with Gasteiger partial charge in [0.15, 0.2) is 0 Å². The van der Waals surface area contributed by atoms with Crippen molar-refractivity contribution in [3.8, 4) is 5.75 Å². The summed E-state index contributed by atoms with van der Waals surface area (Å²) in [5.41, 5.74) is 2.01. The number of aromatic hydroxyl groups is 1. The fraction of sp³-hybridized carbons (Fsp3) is 0.600. The van der Waals surface area contributed by atoms with Gasteiger partial charge in [0.05, 0.1) is 6.10 Å². The summed E-state index contributed by atoms with van der Waals surface area (Å²) in [6.07, 6.45) is 2.15. The van der Waals surface area contributed by atoms with Crippen molar-refractivity contribution in [2.45, 2.75) is 32.4 Å². The van der Waals surface area contributed by atoms with E-state index in [1.54, 1.807) is 6.07 Å². The molecule has 0 spiro atoms. The Balaban J connectivity index is 1.71. The van der Waals surface area contributed by atoms with Crippen LogP contribution in [0.5, 0.6) is 5.75 Å². The summed E-state index contributed by atoms with van der Waals surface area (Å²) in [7, 11) is 0. The first-order valence-corrected chi connectivity index (χ1v) is 7.05. The topological polar surface area (TPSA) is 55.7 Å². The first-order valence-electron chi connectivity index (χ1n) is 7.05. The molecule has 0 saturated carbocycles. The Morgan fingerprint density at radius 3 is 2.79 bits per heavy atom. The molecule has 0 radical (unpaired) electrons. The van der Waals surface area contributed by atoms with Gasteiger partial charge in [-0.1, -0.05) is 17.7 Å². The van der Waals surface area contributed by atoms with E-state index in [2.05, 4.69) is 10.2 Å². The van der Waals surface area contributed by atoms with Crippen LogP contribution in [0.2, 0.25) is 0 Å². The van der Waals surface area contributed by atoms with Crippen molar-refractivity contribution in [3.05, 3.63) is 29.3 Å². The number of nitrogens with zero attached hydrogens (tertiary/aromatic N) is 1. The zero-order chi connectivity index (χ0) is 13.7. The van der Waals surface area contributed by atoms with Crippen LogP contribution < -0.4 is 5.32 Å². The molecule has 0 bridgehead atoms. The fourth-order valence-corrected chi connectivity index (χ4v) is 2.56. The Morgan fingerprint density at radius 2 is 2.05 bits per heavy atom. The quantitative estimate of drug-likeness (QED) is 0.724. The maximum atomic E-state index is 9.94. The number of likely N-dealkylation sites (tertiary alicyclic amines) is 1. The van der Waals surface area contributed by atoms with Gasteiger partial charge in [-0.05, 0) is 38.9 Å². The molecule has 19 heavy (non-hydrogen) atoms. The molecular formula is C15H24N2O2. The average Bonchev–Trinajstić information content (AvgIpc) is 2.86. The second-order valence-electron chi connectivity index (χ2n) is 5.42. The minimum absolute atomic E-state index is 0.312. The second-order valence-corrected chi connectivity index (χ2v) is 5.42. The van der Waals surface area contributed by atoms with Crippen LogP contribution in [0.15, 0.2) is 18.2 Å². The van der Waals surface area contributed by atoms with E-state index in [4.69, 9.17) is 0 Å². The molecule has 106 valence electrons. The number of hydrogen-bond acceptors (Lipinski definition) is 4. The number of rotatable bonds is 6. The molecule has 0 amide bonds. The number of aliphatic hydroxyl groups is 1. The van der Waals surface area contributed by atoms with Crippen LogP contribution in [0.1, 0.15) is 24.0 Å². The first kappa shape index (κ1) is 14.3. The number of nitrogens with one attached hydrogen (secondary N) is 1. The van der Waals surface area contributed by atoms with Gasteiger partial charge in [-0.3, -0.25) is 0 Å². The maximum absolute atomic E-state index is 9.94. The van der Waals surface area contributed by atoms with Gasteiger partial charge in [0, 0.05) is 25.2 Å². The van der Waals surface area contributed by atoms with Gasteiger partial charge < -0.3 is 20.4 Å². The fourth-order valence-electron chi connectivity index (χ4n) is 2.56. The summed E-state index contributed by atoms with van der Waals surface area (Å²) in [4.78, 5) is 2.30. The average molecular weight is 264 g/mol. The molecule has 4 heteroatoms. The van der Waals surface area contributed by atoms with Gasteiger partial charge in [-0.25, -0.2) is 0 Å². The number of phenols is 1. The van der Waals surface area contributed by atoms with Crippen LogP contribution >= 0.6 is 0 Å². The number of aliphatic hydroxyl groups excluding tert-OH is 1. The van der Waals surface area contributed by atoms with Crippen molar-refractivity contribution >= 4 is 0 Å². The van der Waals surface area contributed by atoms with Gasteiger partial charge in [-0.15, -0.1) is 0 Å². The molecule has 1 fully saturated rings. The molecule has 3 N–H and O–H groups in total. The molecular weight excluding hydrogens is 240 g/mol. The lowest BCUT2D eigenvalue weighted by molar-refractivity contribution is 0.123. The molecule has 4 nitrogen and oxygen atoms in total. The third-order valence-electron chi connectivity index (χ3n) is 3.60. The molecule has 1 unspecified atom stereocenters. The van der Waals surface area contributed by atoms with Crippen LogP contribution in [0.3, 0.4) is 0 Å². The molecule has 1 aliphatic heterocycles. The zero-order valence-electron chi connectivity index (χ0n) is 11.6. The Morgan fingerprint density at radius 1 is 1.32 bits per heavy atom. The van der Waals surface area contributed by atoms with Crippen LogP contribution in [-0.2, 0) is 6.54 Å². The smallest absolute Gasteiger partial charge is 0.120 e. The van der Waals surface area contributed by atoms with E-state index in [1.807, 2.05) is 19.1 Å². The maximum Gasteiger partial charge on any atom is 0.120 e. The second kappa shape index (κ2) is 6.89. The molecule has 1 aliphatic rings. The van der Waals surface area contributed by atoms with E-state index >= 15 is 0 Å². The Hall–Kier alpha value is -1.10. The van der Waals surface area contributed by atoms with Gasteiger partial charge >= 0.3 is 0 Å². The summed E-state index contributed by atoms with van der Waals surface area (Å²) in [5, 5.41) is 22.9. The largest absolute Gasteiger partial charge is 0.508 e. The van der Waals surface area contributed by atoms with E-state index in [9.17, 15) is 10.2 Å². The van der Waals surface area contributed by atoms with Crippen LogP contribution in [0, 0.1) is 6.92 Å². The summed E-state index contributed by atoms with van der Waals surface area (Å²) < 4.78 is 0. The summed E-state index contributed by atoms with van der Waals surface area (Å²) in [5.74, 6) is 0.312. The number of hydrogen-bond donors (Lipinski definition) is 3. The predicted molar refractivity (Wildman–Crippen MR) is 76.2 cm³/mol. The van der Waals surface area contributed by atoms with Crippen molar-refractivity contribution in [3.63, 3.8) is 0 Å². The van der Waals surface area contributed by atoms with Crippen molar-refractivity contribution in [2.75, 3.05) is 26.2 Å². The minimum Gasteiger partial charge on any atom is -0.508 e. The molecule has 2 rings (SSSR count). The van der Waals surface area contributed by atoms with Gasteiger partial charge in [0.25, 0.3) is 0 Å². The molecule has 1 atom stereocenters. The standard InChI is InChI=1S/C15H24N2O2/c1-12-4-5-15(19)13(8-12)9-16-10-14(18)11-17-6-2-3-7-17/h4-5,8,14,16,18-19H,2-3,6-7,9-11H2,1H3. The molecule has 1 saturated heterocycles. The number of phenolic OH excluding ortho intramolecular Hbond substituents is 1. The highest BCUT2D eigenvalue weighted by molar-refractivity contribution is 5.35. The highest BCUT2D eigenvalue weighted by Crippen LogP contribution is 2.17. The third kappa shape index (κ3) is 4.49. The number of aryl methyl sites for hydroxylation is 1. The lowest BCUT2D eigenvalue weighted by Gasteiger charge is -2.19. The molecule has 1 aromatic carbocycles. The van der Waals surface area contributed by atoms with Crippen LogP contribution in [-0.4, -0.2) is 47.4 Å². The molecule has 0 aromatic heterocycles. The van der Waals surface area contributed by atoms with Crippen molar-refractivity contribution in [1.82, 2.24) is 10.2 Å². The monoisotopic (exact) mass is 264 g/mol. The van der Waals surface area contributed by atoms with E-state index < -0.39 is 0 Å². The van der Waals surface area contributed by atoms with Gasteiger partial charge in [-0.2, -0.15) is 0 Å². The molecule has 1 aromatic rings. The van der Waals surface area contributed by atoms with Crippen molar-refractivity contribution in [1.29, 1.82) is 0 Å². The normalized spacial score (nSPS) is 17.8. The Bertz CT molecular complexity index is 403. The van der Waals surface area contributed by atoms with Crippen LogP contribution in [0.25, 0.3) is 0 Å². The number of benzene rings is 1. The number of β-amino-alcohol motifs (C(OH)–C–C–N with tert-alkyl or cyclic N) is 1. The van der Waals surface area contributed by atoms with E-state index in [1.165, 1.54) is 12.8 Å². The van der Waals surface area contributed by atoms with Crippen molar-refractivity contribution in [2.24, 2.45) is 0 Å². The predicted octanol–water partition coefficient (Wildman–Crippen LogP) is 1.25. The summed E-state index contributed by atoms with van der Waals surface area (Å²) in [6, 6.07) is 5.57. The zero-order valence-corrected chi connectivity index (χ0v) is 11.6. The third-order valence-corrected chi connectivity index (χ3v) is 3.60. The van der Waals surface area contributed by atoms with Gasteiger partial charge in [0.1, 0.15) is 5.75 Å². The Kier molecular flexibility index (Phi) is 5.19. The van der Waals surface area contributed by atoms with Crippen molar-refractivity contribution < 1.29 is 10.2 Å². The summed E-state index contributed by atoms with van der Waals surface area (Å²) in [6.45, 7) is 6.11. The summed E-state index contributed by atoms with van der Waals surface area (Å²) >= 11 is 0. The van der Waals surface area contributed by atoms with E-state index in [0.717, 1.165) is 30.8 Å². The van der Waals surface area contributed by atoms with Gasteiger partial charge in [0.2, 0.25) is 0 Å². The Labute approximate surface area is 115 Å². The minimum atomic E-state index is -0.343. The lowest BCUT2D eigenvalue weighted by Crippen LogP contribution is -2.36.